The minimum absolute atomic E-state index is 0.237. The van der Waals surface area contributed by atoms with E-state index in [1.807, 2.05) is 18.3 Å². The maximum atomic E-state index is 5.87. The first kappa shape index (κ1) is 14.5. The summed E-state index contributed by atoms with van der Waals surface area (Å²) in [5.74, 6) is 1.18. The van der Waals surface area contributed by atoms with E-state index in [1.165, 1.54) is 5.56 Å². The van der Waals surface area contributed by atoms with Crippen LogP contribution in [0.15, 0.2) is 41.0 Å². The van der Waals surface area contributed by atoms with Gasteiger partial charge in [0.15, 0.2) is 5.82 Å². The molecule has 1 saturated heterocycles. The number of benzene rings is 1. The van der Waals surface area contributed by atoms with Crippen molar-refractivity contribution in [3.8, 4) is 0 Å². The van der Waals surface area contributed by atoms with Crippen molar-refractivity contribution in [2.24, 2.45) is 0 Å². The fourth-order valence-electron chi connectivity index (χ4n) is 3.08. The highest BCUT2D eigenvalue weighted by Gasteiger charge is 2.25. The average Bonchev–Trinajstić information content (AvgIpc) is 3.03. The van der Waals surface area contributed by atoms with Crippen molar-refractivity contribution in [1.82, 2.24) is 20.3 Å². The van der Waals surface area contributed by atoms with E-state index in [2.05, 4.69) is 59.3 Å². The first-order valence-electron chi connectivity index (χ1n) is 7.56. The standard InChI is InChI=1S/C16H17BrN6/c17-11-4-2-1-3-10(11)13-9-23(8-7-19-13)15-14-12(5-6-20-14)21-16(18)22-15/h1-6,13,19-20H,7-9H2,(H2,18,21,22)/t13-/m0/s1. The molecule has 0 radical (unpaired) electrons. The highest BCUT2D eigenvalue weighted by atomic mass is 79.9. The maximum absolute atomic E-state index is 5.87. The van der Waals surface area contributed by atoms with Crippen molar-refractivity contribution in [2.75, 3.05) is 30.3 Å². The molecular weight excluding hydrogens is 356 g/mol. The summed E-state index contributed by atoms with van der Waals surface area (Å²) in [4.78, 5) is 14.2. The van der Waals surface area contributed by atoms with Gasteiger partial charge in [0.2, 0.25) is 5.95 Å². The van der Waals surface area contributed by atoms with Gasteiger partial charge in [-0.2, -0.15) is 4.98 Å². The molecule has 1 atom stereocenters. The number of nitrogen functional groups attached to an aromatic ring is 1. The van der Waals surface area contributed by atoms with E-state index in [-0.39, 0.29) is 6.04 Å². The number of nitrogens with one attached hydrogen (secondary N) is 2. The number of nitrogens with two attached hydrogens (primary N) is 1. The Bertz CT molecular complexity index is 845. The van der Waals surface area contributed by atoms with Gasteiger partial charge in [0, 0.05) is 30.3 Å². The molecule has 6 nitrogen and oxygen atoms in total. The summed E-state index contributed by atoms with van der Waals surface area (Å²) < 4.78 is 1.12. The number of fused-ring (bicyclic) bond motifs is 1. The number of halogens is 1. The number of anilines is 2. The first-order chi connectivity index (χ1) is 11.2. The summed E-state index contributed by atoms with van der Waals surface area (Å²) >= 11 is 3.64. The lowest BCUT2D eigenvalue weighted by Gasteiger charge is -2.35. The molecule has 4 N–H and O–H groups in total. The molecular formula is C16H17BrN6. The molecule has 4 rings (SSSR count). The van der Waals surface area contributed by atoms with Crippen molar-refractivity contribution in [2.45, 2.75) is 6.04 Å². The summed E-state index contributed by atoms with van der Waals surface area (Å²) in [6.45, 7) is 2.59. The van der Waals surface area contributed by atoms with Crippen LogP contribution in [0.4, 0.5) is 11.8 Å². The molecule has 0 bridgehead atoms. The van der Waals surface area contributed by atoms with Crippen LogP contribution < -0.4 is 16.0 Å². The lowest BCUT2D eigenvalue weighted by Crippen LogP contribution is -2.46. The van der Waals surface area contributed by atoms with Crippen molar-refractivity contribution in [3.05, 3.63) is 46.6 Å². The number of H-pyrrole nitrogens is 1. The van der Waals surface area contributed by atoms with Crippen LogP contribution in [0.3, 0.4) is 0 Å². The molecule has 1 aliphatic heterocycles. The van der Waals surface area contributed by atoms with Gasteiger partial charge < -0.3 is 20.9 Å². The van der Waals surface area contributed by atoms with Crippen LogP contribution in [-0.4, -0.2) is 34.6 Å². The van der Waals surface area contributed by atoms with Gasteiger partial charge in [-0.15, -0.1) is 0 Å². The molecule has 7 heteroatoms. The van der Waals surface area contributed by atoms with E-state index in [0.717, 1.165) is 41.0 Å². The molecule has 0 unspecified atom stereocenters. The second-order valence-electron chi connectivity index (χ2n) is 5.62. The Balaban J connectivity index is 1.69. The molecule has 1 aromatic carbocycles. The third kappa shape index (κ3) is 2.66. The maximum Gasteiger partial charge on any atom is 0.222 e. The van der Waals surface area contributed by atoms with Gasteiger partial charge >= 0.3 is 0 Å². The lowest BCUT2D eigenvalue weighted by molar-refractivity contribution is 0.469. The Kier molecular flexibility index (Phi) is 3.66. The summed E-state index contributed by atoms with van der Waals surface area (Å²) in [7, 11) is 0. The molecule has 0 spiro atoms. The van der Waals surface area contributed by atoms with Gasteiger partial charge in [0.25, 0.3) is 0 Å². The molecule has 23 heavy (non-hydrogen) atoms. The zero-order chi connectivity index (χ0) is 15.8. The Morgan fingerprint density at radius 2 is 2.09 bits per heavy atom. The Labute approximate surface area is 142 Å². The zero-order valence-corrected chi connectivity index (χ0v) is 14.0. The fraction of sp³-hybridized carbons (Fsp3) is 0.250. The number of hydrogen-bond acceptors (Lipinski definition) is 5. The van der Waals surface area contributed by atoms with Gasteiger partial charge in [0.05, 0.1) is 11.6 Å². The third-order valence-corrected chi connectivity index (χ3v) is 4.88. The Hall–Kier alpha value is -2.12. The number of piperazine rings is 1. The minimum atomic E-state index is 0.237. The fourth-order valence-corrected chi connectivity index (χ4v) is 3.64. The topological polar surface area (TPSA) is 82.9 Å². The first-order valence-corrected chi connectivity index (χ1v) is 8.35. The molecule has 3 heterocycles. The Morgan fingerprint density at radius 3 is 2.96 bits per heavy atom. The summed E-state index contributed by atoms with van der Waals surface area (Å²) in [5, 5.41) is 3.58. The van der Waals surface area contributed by atoms with E-state index in [1.54, 1.807) is 0 Å². The van der Waals surface area contributed by atoms with Crippen molar-refractivity contribution < 1.29 is 0 Å². The lowest BCUT2D eigenvalue weighted by atomic mass is 10.0. The zero-order valence-electron chi connectivity index (χ0n) is 12.5. The number of aromatic amines is 1. The van der Waals surface area contributed by atoms with Gasteiger partial charge in [-0.05, 0) is 17.7 Å². The van der Waals surface area contributed by atoms with Crippen LogP contribution in [0, 0.1) is 0 Å². The molecule has 1 aliphatic rings. The SMILES string of the molecule is Nc1nc(N2CCN[C@H](c3ccccc3Br)C2)c2[nH]ccc2n1. The van der Waals surface area contributed by atoms with Crippen LogP contribution in [0.1, 0.15) is 11.6 Å². The van der Waals surface area contributed by atoms with Crippen LogP contribution in [-0.2, 0) is 0 Å². The molecule has 0 amide bonds. The summed E-state index contributed by atoms with van der Waals surface area (Å²) in [5.41, 5.74) is 8.91. The number of rotatable bonds is 2. The van der Waals surface area contributed by atoms with Gasteiger partial charge in [-0.25, -0.2) is 4.98 Å². The number of aromatic nitrogens is 3. The second-order valence-corrected chi connectivity index (χ2v) is 6.47. The molecule has 118 valence electrons. The van der Waals surface area contributed by atoms with E-state index >= 15 is 0 Å². The quantitative estimate of drug-likeness (QED) is 0.643. The van der Waals surface area contributed by atoms with Crippen LogP contribution in [0.2, 0.25) is 0 Å². The smallest absolute Gasteiger partial charge is 0.222 e. The average molecular weight is 373 g/mol. The van der Waals surface area contributed by atoms with E-state index in [9.17, 15) is 0 Å². The molecule has 0 aliphatic carbocycles. The number of nitrogens with zero attached hydrogens (tertiary/aromatic N) is 3. The van der Waals surface area contributed by atoms with Crippen molar-refractivity contribution in [3.63, 3.8) is 0 Å². The molecule has 0 saturated carbocycles. The molecule has 2 aromatic heterocycles. The van der Waals surface area contributed by atoms with Crippen LogP contribution in [0.25, 0.3) is 11.0 Å². The molecule has 1 fully saturated rings. The van der Waals surface area contributed by atoms with E-state index < -0.39 is 0 Å². The van der Waals surface area contributed by atoms with Gasteiger partial charge in [-0.3, -0.25) is 0 Å². The largest absolute Gasteiger partial charge is 0.368 e. The monoisotopic (exact) mass is 372 g/mol. The predicted molar refractivity (Wildman–Crippen MR) is 95.4 cm³/mol. The van der Waals surface area contributed by atoms with Crippen LogP contribution in [0.5, 0.6) is 0 Å². The highest BCUT2D eigenvalue weighted by Crippen LogP contribution is 2.29. The number of hydrogen-bond donors (Lipinski definition) is 3. The van der Waals surface area contributed by atoms with Gasteiger partial charge in [-0.1, -0.05) is 34.1 Å². The normalized spacial score (nSPS) is 18.5. The van der Waals surface area contributed by atoms with E-state index in [4.69, 9.17) is 5.73 Å². The van der Waals surface area contributed by atoms with E-state index in [0.29, 0.717) is 5.95 Å². The highest BCUT2D eigenvalue weighted by molar-refractivity contribution is 9.10. The van der Waals surface area contributed by atoms with Crippen molar-refractivity contribution >= 4 is 38.7 Å². The van der Waals surface area contributed by atoms with Crippen molar-refractivity contribution in [1.29, 1.82) is 0 Å². The summed E-state index contributed by atoms with van der Waals surface area (Å²) in [6, 6.07) is 10.5. The van der Waals surface area contributed by atoms with Crippen LogP contribution >= 0.6 is 15.9 Å². The summed E-state index contributed by atoms with van der Waals surface area (Å²) in [6.07, 6.45) is 1.87. The molecule has 3 aromatic rings. The second kappa shape index (κ2) is 5.82. The minimum Gasteiger partial charge on any atom is -0.368 e. The third-order valence-electron chi connectivity index (χ3n) is 4.16. The van der Waals surface area contributed by atoms with Gasteiger partial charge in [0.1, 0.15) is 5.52 Å². The predicted octanol–water partition coefficient (Wildman–Crippen LogP) is 2.45. The Morgan fingerprint density at radius 1 is 1.22 bits per heavy atom.